The number of hydrogen-bond acceptors (Lipinski definition) is 5. The van der Waals surface area contributed by atoms with Crippen LogP contribution in [0, 0.1) is 0 Å². The summed E-state index contributed by atoms with van der Waals surface area (Å²) in [5.74, 6) is -0.460. The largest absolute Gasteiger partial charge is 0.463 e. The lowest BCUT2D eigenvalue weighted by atomic mass is 10.0. The van der Waals surface area contributed by atoms with Gasteiger partial charge in [-0.3, -0.25) is 9.36 Å². The molecule has 2 aromatic carbocycles. The fraction of sp³-hybridized carbons (Fsp3) is 0.160. The van der Waals surface area contributed by atoms with Crippen LogP contribution in [0.2, 0.25) is 0 Å². The molecule has 2 heterocycles. The normalized spacial score (nSPS) is 16.2. The third-order valence-electron chi connectivity index (χ3n) is 4.98. The van der Waals surface area contributed by atoms with Crippen LogP contribution in [0.1, 0.15) is 31.0 Å². The van der Waals surface area contributed by atoms with Gasteiger partial charge in [0.15, 0.2) is 4.80 Å². The molecule has 162 valence electrons. The van der Waals surface area contributed by atoms with Gasteiger partial charge in [0.25, 0.3) is 5.56 Å². The second-order valence-electron chi connectivity index (χ2n) is 7.17. The first-order chi connectivity index (χ1) is 15.5. The molecule has 0 spiro atoms. The quantitative estimate of drug-likeness (QED) is 0.484. The molecule has 0 fully saturated rings. The molecule has 4 rings (SSSR count). The van der Waals surface area contributed by atoms with E-state index in [4.69, 9.17) is 4.74 Å². The fourth-order valence-electron chi connectivity index (χ4n) is 3.53. The maximum Gasteiger partial charge on any atom is 0.338 e. The van der Waals surface area contributed by atoms with E-state index in [1.54, 1.807) is 18.4 Å². The molecule has 1 unspecified atom stereocenters. The van der Waals surface area contributed by atoms with E-state index < -0.39 is 12.0 Å². The summed E-state index contributed by atoms with van der Waals surface area (Å²) in [6, 6.07) is 16.9. The number of allylic oxidation sites excluding steroid dienone is 2. The maximum atomic E-state index is 13.4. The van der Waals surface area contributed by atoms with Gasteiger partial charge < -0.3 is 4.74 Å². The maximum absolute atomic E-state index is 13.4. The first-order valence-electron chi connectivity index (χ1n) is 10.2. The zero-order chi connectivity index (χ0) is 22.7. The summed E-state index contributed by atoms with van der Waals surface area (Å²) >= 11 is 4.78. The predicted octanol–water partition coefficient (Wildman–Crippen LogP) is 4.23. The van der Waals surface area contributed by atoms with Crippen molar-refractivity contribution in [3.05, 3.63) is 107 Å². The number of rotatable bonds is 5. The monoisotopic (exact) mass is 508 g/mol. The Hall–Kier alpha value is -3.03. The molecule has 7 heteroatoms. The van der Waals surface area contributed by atoms with Crippen molar-refractivity contribution in [3.8, 4) is 0 Å². The van der Waals surface area contributed by atoms with Crippen LogP contribution in [0.5, 0.6) is 0 Å². The van der Waals surface area contributed by atoms with Gasteiger partial charge in [-0.25, -0.2) is 9.79 Å². The minimum Gasteiger partial charge on any atom is -0.463 e. The highest BCUT2D eigenvalue weighted by Crippen LogP contribution is 2.26. The number of fused-ring (bicyclic) bond motifs is 1. The summed E-state index contributed by atoms with van der Waals surface area (Å²) < 4.78 is 8.35. The highest BCUT2D eigenvalue weighted by atomic mass is 79.9. The second-order valence-corrected chi connectivity index (χ2v) is 9.09. The Bertz CT molecular complexity index is 1400. The summed E-state index contributed by atoms with van der Waals surface area (Å²) in [5.41, 5.74) is 2.62. The fourth-order valence-corrected chi connectivity index (χ4v) is 5.00. The molecule has 0 radical (unpaired) electrons. The second kappa shape index (κ2) is 9.63. The van der Waals surface area contributed by atoms with Gasteiger partial charge in [-0.05, 0) is 43.2 Å². The smallest absolute Gasteiger partial charge is 0.338 e. The van der Waals surface area contributed by atoms with Crippen LogP contribution in [0.4, 0.5) is 0 Å². The Morgan fingerprint density at radius 3 is 2.66 bits per heavy atom. The van der Waals surface area contributed by atoms with Crippen LogP contribution < -0.4 is 14.9 Å². The number of benzene rings is 2. The van der Waals surface area contributed by atoms with Crippen molar-refractivity contribution in [3.63, 3.8) is 0 Å². The van der Waals surface area contributed by atoms with Crippen LogP contribution >= 0.6 is 27.3 Å². The van der Waals surface area contributed by atoms with Gasteiger partial charge in [0.2, 0.25) is 0 Å². The number of ether oxygens (including phenoxy) is 1. The van der Waals surface area contributed by atoms with E-state index >= 15 is 0 Å². The Kier molecular flexibility index (Phi) is 6.67. The van der Waals surface area contributed by atoms with E-state index in [1.165, 1.54) is 11.3 Å². The van der Waals surface area contributed by atoms with Crippen molar-refractivity contribution >= 4 is 45.4 Å². The standard InChI is InChI=1S/C25H21BrN2O3S/c1-3-31-24(30)22-16(2)27-25-28(20(22)13-12-17-8-5-4-6-9-17)23(29)21(32-25)15-18-10-7-11-19(26)14-18/h4-15,20H,3H2,1-2H3. The minimum absolute atomic E-state index is 0.189. The third kappa shape index (κ3) is 4.59. The molecule has 0 aliphatic carbocycles. The summed E-state index contributed by atoms with van der Waals surface area (Å²) in [5, 5.41) is 0. The molecule has 32 heavy (non-hydrogen) atoms. The van der Waals surface area contributed by atoms with E-state index in [0.29, 0.717) is 20.6 Å². The Labute approximate surface area is 197 Å². The van der Waals surface area contributed by atoms with Gasteiger partial charge >= 0.3 is 5.97 Å². The van der Waals surface area contributed by atoms with Gasteiger partial charge in [-0.2, -0.15) is 0 Å². The molecule has 0 saturated heterocycles. The third-order valence-corrected chi connectivity index (χ3v) is 6.45. The molecule has 0 N–H and O–H groups in total. The van der Waals surface area contributed by atoms with Crippen molar-refractivity contribution in [2.45, 2.75) is 19.9 Å². The van der Waals surface area contributed by atoms with Gasteiger partial charge in [-0.15, -0.1) is 0 Å². The van der Waals surface area contributed by atoms with Crippen molar-refractivity contribution < 1.29 is 9.53 Å². The van der Waals surface area contributed by atoms with Gasteiger partial charge in [0, 0.05) is 4.47 Å². The number of halogens is 1. The molecule has 3 aromatic rings. The molecule has 1 atom stereocenters. The van der Waals surface area contributed by atoms with E-state index in [2.05, 4.69) is 20.9 Å². The highest BCUT2D eigenvalue weighted by molar-refractivity contribution is 9.10. The molecule has 0 saturated carbocycles. The Morgan fingerprint density at radius 2 is 1.94 bits per heavy atom. The summed E-state index contributed by atoms with van der Waals surface area (Å²) in [4.78, 5) is 31.3. The van der Waals surface area contributed by atoms with Crippen molar-refractivity contribution in [1.82, 2.24) is 4.57 Å². The zero-order valence-electron chi connectivity index (χ0n) is 17.6. The first kappa shape index (κ1) is 22.2. The number of nitrogens with zero attached hydrogens (tertiary/aromatic N) is 2. The van der Waals surface area contributed by atoms with Gasteiger partial charge in [-0.1, -0.05) is 81.9 Å². The molecular weight excluding hydrogens is 488 g/mol. The van der Waals surface area contributed by atoms with Crippen LogP contribution in [0.15, 0.2) is 86.2 Å². The van der Waals surface area contributed by atoms with E-state index in [-0.39, 0.29) is 12.2 Å². The number of aromatic nitrogens is 1. The van der Waals surface area contributed by atoms with E-state index in [1.807, 2.05) is 72.8 Å². The molecule has 1 aromatic heterocycles. The van der Waals surface area contributed by atoms with Crippen LogP contribution in [-0.4, -0.2) is 17.1 Å². The van der Waals surface area contributed by atoms with Crippen molar-refractivity contribution in [2.75, 3.05) is 6.61 Å². The molecule has 0 bridgehead atoms. The average molecular weight is 509 g/mol. The Morgan fingerprint density at radius 1 is 1.19 bits per heavy atom. The molecule has 1 aliphatic heterocycles. The van der Waals surface area contributed by atoms with Crippen molar-refractivity contribution in [2.24, 2.45) is 4.99 Å². The van der Waals surface area contributed by atoms with Crippen LogP contribution in [0.3, 0.4) is 0 Å². The number of thiazole rings is 1. The lowest BCUT2D eigenvalue weighted by Gasteiger charge is -2.21. The number of carbonyl (C=O) groups is 1. The number of carbonyl (C=O) groups excluding carboxylic acids is 1. The number of esters is 1. The summed E-state index contributed by atoms with van der Waals surface area (Å²) in [7, 11) is 0. The summed E-state index contributed by atoms with van der Waals surface area (Å²) in [6.07, 6.45) is 5.62. The molecule has 0 amide bonds. The van der Waals surface area contributed by atoms with Gasteiger partial charge in [0.1, 0.15) is 0 Å². The van der Waals surface area contributed by atoms with Crippen LogP contribution in [0.25, 0.3) is 12.2 Å². The number of hydrogen-bond donors (Lipinski definition) is 0. The van der Waals surface area contributed by atoms with Gasteiger partial charge in [0.05, 0.1) is 28.5 Å². The van der Waals surface area contributed by atoms with Crippen molar-refractivity contribution in [1.29, 1.82) is 0 Å². The van der Waals surface area contributed by atoms with E-state index in [0.717, 1.165) is 15.6 Å². The lowest BCUT2D eigenvalue weighted by Crippen LogP contribution is -2.38. The molecular formula is C25H21BrN2O3S. The van der Waals surface area contributed by atoms with E-state index in [9.17, 15) is 9.59 Å². The van der Waals surface area contributed by atoms with Crippen LogP contribution in [-0.2, 0) is 9.53 Å². The molecule has 5 nitrogen and oxygen atoms in total. The average Bonchev–Trinajstić information content (AvgIpc) is 3.07. The minimum atomic E-state index is -0.602. The Balaban J connectivity index is 1.88. The topological polar surface area (TPSA) is 60.7 Å². The first-order valence-corrected chi connectivity index (χ1v) is 11.8. The highest BCUT2D eigenvalue weighted by Gasteiger charge is 2.30. The SMILES string of the molecule is CCOC(=O)C1=C(C)N=c2sc(=Cc3cccc(Br)c3)c(=O)n2C1C=Cc1ccccc1. The lowest BCUT2D eigenvalue weighted by molar-refractivity contribution is -0.139. The summed E-state index contributed by atoms with van der Waals surface area (Å²) in [6.45, 7) is 3.79. The molecule has 1 aliphatic rings. The zero-order valence-corrected chi connectivity index (χ0v) is 20.0. The predicted molar refractivity (Wildman–Crippen MR) is 131 cm³/mol.